The van der Waals surface area contributed by atoms with Crippen molar-refractivity contribution in [3.63, 3.8) is 0 Å². The fourth-order valence-electron chi connectivity index (χ4n) is 1.81. The Morgan fingerprint density at radius 1 is 1.29 bits per heavy atom. The van der Waals surface area contributed by atoms with Crippen LogP contribution in [0.1, 0.15) is 9.44 Å². The Hall–Kier alpha value is -1.63. The number of allylic oxidation sites excluding steroid dienone is 1. The van der Waals surface area contributed by atoms with Crippen molar-refractivity contribution in [3.8, 4) is 17.3 Å². The van der Waals surface area contributed by atoms with Gasteiger partial charge in [0.25, 0.3) is 0 Å². The second-order valence-electron chi connectivity index (χ2n) is 4.23. The first-order chi connectivity index (χ1) is 10.3. The summed E-state index contributed by atoms with van der Waals surface area (Å²) in [5, 5.41) is 12.1. The third-order valence-electron chi connectivity index (χ3n) is 2.82. The monoisotopic (exact) mass is 376 g/mol. The van der Waals surface area contributed by atoms with Crippen molar-refractivity contribution in [2.75, 3.05) is 0 Å². The summed E-state index contributed by atoms with van der Waals surface area (Å²) in [6.45, 7) is 0. The molecule has 3 rings (SSSR count). The Labute approximate surface area is 137 Å². The standard InChI is InChI=1S/C16H9ClN2SSe/c17-13-5-3-11(4-6-13)15-10-21-16(19-15)12(9-18)8-14-2-1-7-20-14/h1-8,10H. The minimum absolute atomic E-state index is 0.0911. The zero-order valence-electron chi connectivity index (χ0n) is 10.8. The number of nitriles is 1. The molecular formula is C16H9ClN2SSe. The SMILES string of the molecule is N#CC(=Cc1cccs1)c1nc(-c2ccc(Cl)cc2)c[se]1. The predicted octanol–water partition coefficient (Wildman–Crippen LogP) is 4.58. The summed E-state index contributed by atoms with van der Waals surface area (Å²) in [4.78, 5) is 7.79. The van der Waals surface area contributed by atoms with E-state index in [1.807, 2.05) is 47.9 Å². The van der Waals surface area contributed by atoms with Crippen LogP contribution < -0.4 is 0 Å². The summed E-state index contributed by atoms with van der Waals surface area (Å²) in [5.74, 6) is 0. The van der Waals surface area contributed by atoms with Crippen LogP contribution >= 0.6 is 22.9 Å². The molecule has 0 aliphatic carbocycles. The zero-order valence-corrected chi connectivity index (χ0v) is 14.1. The molecular weight excluding hydrogens is 367 g/mol. The van der Waals surface area contributed by atoms with Gasteiger partial charge in [0.15, 0.2) is 0 Å². The van der Waals surface area contributed by atoms with Gasteiger partial charge >= 0.3 is 138 Å². The number of hydrogen-bond acceptors (Lipinski definition) is 3. The number of hydrogen-bond donors (Lipinski definition) is 0. The molecule has 0 N–H and O–H groups in total. The molecule has 2 nitrogen and oxygen atoms in total. The normalized spacial score (nSPS) is 11.3. The van der Waals surface area contributed by atoms with Crippen molar-refractivity contribution >= 4 is 49.1 Å². The first-order valence-electron chi connectivity index (χ1n) is 6.13. The summed E-state index contributed by atoms with van der Waals surface area (Å²) in [6, 6.07) is 13.8. The van der Waals surface area contributed by atoms with Gasteiger partial charge < -0.3 is 0 Å². The fraction of sp³-hybridized carbons (Fsp3) is 0. The van der Waals surface area contributed by atoms with Crippen LogP contribution in [0.25, 0.3) is 22.9 Å². The van der Waals surface area contributed by atoms with Crippen molar-refractivity contribution in [2.24, 2.45) is 0 Å². The Bertz CT molecular complexity index is 811. The van der Waals surface area contributed by atoms with E-state index in [2.05, 4.69) is 16.0 Å². The molecule has 0 spiro atoms. The summed E-state index contributed by atoms with van der Waals surface area (Å²) < 4.78 is 0.878. The van der Waals surface area contributed by atoms with Crippen molar-refractivity contribution in [1.29, 1.82) is 5.26 Å². The summed E-state index contributed by atoms with van der Waals surface area (Å²) in [6.07, 6.45) is 1.91. The second-order valence-corrected chi connectivity index (χ2v) is 7.45. The first kappa shape index (κ1) is 14.3. The summed E-state index contributed by atoms with van der Waals surface area (Å²) in [5.41, 5.74) is 2.61. The predicted molar refractivity (Wildman–Crippen MR) is 89.4 cm³/mol. The van der Waals surface area contributed by atoms with Gasteiger partial charge in [-0.1, -0.05) is 0 Å². The number of nitrogens with zero attached hydrogens (tertiary/aromatic N) is 2. The molecule has 0 aliphatic rings. The Kier molecular flexibility index (Phi) is 4.38. The molecule has 0 saturated carbocycles. The Morgan fingerprint density at radius 3 is 2.76 bits per heavy atom. The molecule has 3 aromatic rings. The average Bonchev–Trinajstić information content (AvgIpc) is 3.17. The number of benzene rings is 1. The molecule has 0 aliphatic heterocycles. The molecule has 1 aromatic carbocycles. The summed E-state index contributed by atoms with van der Waals surface area (Å²) in [7, 11) is 0. The molecule has 21 heavy (non-hydrogen) atoms. The third-order valence-corrected chi connectivity index (χ3v) is 5.73. The number of thiophene rings is 1. The molecule has 0 bridgehead atoms. The van der Waals surface area contributed by atoms with Gasteiger partial charge in [-0.25, -0.2) is 0 Å². The van der Waals surface area contributed by atoms with Crippen LogP contribution in [0.15, 0.2) is 46.7 Å². The van der Waals surface area contributed by atoms with Gasteiger partial charge in [-0.3, -0.25) is 0 Å². The first-order valence-corrected chi connectivity index (χ1v) is 9.24. The number of halogens is 1. The van der Waals surface area contributed by atoms with Gasteiger partial charge in [0.1, 0.15) is 0 Å². The quantitative estimate of drug-likeness (QED) is 0.496. The van der Waals surface area contributed by atoms with Crippen molar-refractivity contribution in [1.82, 2.24) is 4.98 Å². The zero-order chi connectivity index (χ0) is 14.7. The maximum atomic E-state index is 9.35. The van der Waals surface area contributed by atoms with E-state index in [4.69, 9.17) is 11.6 Å². The van der Waals surface area contributed by atoms with Gasteiger partial charge in [0.2, 0.25) is 0 Å². The topological polar surface area (TPSA) is 36.7 Å². The van der Waals surface area contributed by atoms with Gasteiger partial charge in [-0.15, -0.1) is 0 Å². The molecule has 0 fully saturated rings. The van der Waals surface area contributed by atoms with Gasteiger partial charge in [-0.2, -0.15) is 0 Å². The van der Waals surface area contributed by atoms with Crippen LogP contribution in [-0.4, -0.2) is 19.5 Å². The molecule has 5 heteroatoms. The Balaban J connectivity index is 1.94. The summed E-state index contributed by atoms with van der Waals surface area (Å²) >= 11 is 7.61. The molecule has 0 amide bonds. The minimum atomic E-state index is 0.0911. The van der Waals surface area contributed by atoms with Crippen LogP contribution in [0.4, 0.5) is 0 Å². The van der Waals surface area contributed by atoms with Gasteiger partial charge in [0.05, 0.1) is 0 Å². The molecule has 102 valence electrons. The van der Waals surface area contributed by atoms with Crippen LogP contribution in [0.2, 0.25) is 5.02 Å². The van der Waals surface area contributed by atoms with Crippen molar-refractivity contribution < 1.29 is 0 Å². The van der Waals surface area contributed by atoms with E-state index in [1.54, 1.807) is 11.3 Å². The second kappa shape index (κ2) is 6.43. The van der Waals surface area contributed by atoms with E-state index in [0.717, 1.165) is 20.7 Å². The van der Waals surface area contributed by atoms with E-state index < -0.39 is 0 Å². The molecule has 2 heterocycles. The Morgan fingerprint density at radius 2 is 2.10 bits per heavy atom. The van der Waals surface area contributed by atoms with Gasteiger partial charge in [0, 0.05) is 0 Å². The average molecular weight is 376 g/mol. The van der Waals surface area contributed by atoms with E-state index in [-0.39, 0.29) is 14.5 Å². The van der Waals surface area contributed by atoms with E-state index in [9.17, 15) is 5.26 Å². The number of rotatable bonds is 3. The molecule has 2 aromatic heterocycles. The van der Waals surface area contributed by atoms with E-state index in [0.29, 0.717) is 10.6 Å². The third kappa shape index (κ3) is 3.34. The number of aromatic nitrogens is 1. The molecule has 0 unspecified atom stereocenters. The van der Waals surface area contributed by atoms with E-state index >= 15 is 0 Å². The van der Waals surface area contributed by atoms with Crippen LogP contribution in [-0.2, 0) is 0 Å². The fourth-order valence-corrected chi connectivity index (χ4v) is 4.26. The van der Waals surface area contributed by atoms with Gasteiger partial charge in [-0.05, 0) is 0 Å². The van der Waals surface area contributed by atoms with E-state index in [1.165, 1.54) is 0 Å². The maximum absolute atomic E-state index is 9.35. The van der Waals surface area contributed by atoms with Crippen molar-refractivity contribution in [3.05, 3.63) is 61.2 Å². The van der Waals surface area contributed by atoms with Crippen LogP contribution in [0.5, 0.6) is 0 Å². The van der Waals surface area contributed by atoms with Crippen LogP contribution in [0.3, 0.4) is 0 Å². The molecule has 0 radical (unpaired) electrons. The molecule has 0 atom stereocenters. The van der Waals surface area contributed by atoms with Crippen LogP contribution in [0, 0.1) is 11.3 Å². The van der Waals surface area contributed by atoms with Crippen molar-refractivity contribution in [2.45, 2.75) is 0 Å². The molecule has 0 saturated heterocycles.